The maximum Gasteiger partial charge on any atom is 0.139 e. The van der Waals surface area contributed by atoms with Gasteiger partial charge in [-0.2, -0.15) is 0 Å². The van der Waals surface area contributed by atoms with Crippen LogP contribution in [-0.2, 0) is 11.3 Å². The topological polar surface area (TPSA) is 30.3 Å². The Labute approximate surface area is 120 Å². The van der Waals surface area contributed by atoms with Crippen molar-refractivity contribution in [3.05, 3.63) is 30.1 Å². The molecule has 4 nitrogen and oxygen atoms in total. The average Bonchev–Trinajstić information content (AvgIpc) is 3.05. The monoisotopic (exact) mass is 273 g/mol. The molecule has 1 aliphatic heterocycles. The van der Waals surface area contributed by atoms with Gasteiger partial charge in [-0.15, -0.1) is 0 Å². The SMILES string of the molecule is CN(C)CCCn1c(C2CCCO2)nc2ccccc21. The van der Waals surface area contributed by atoms with Crippen LogP contribution in [-0.4, -0.2) is 41.7 Å². The molecule has 4 heteroatoms. The third-order valence-electron chi connectivity index (χ3n) is 3.89. The third-order valence-corrected chi connectivity index (χ3v) is 3.89. The second kappa shape index (κ2) is 5.94. The minimum atomic E-state index is 0.182. The Morgan fingerprint density at radius 2 is 2.20 bits per heavy atom. The molecule has 1 aliphatic rings. The van der Waals surface area contributed by atoms with Crippen LogP contribution in [0.4, 0.5) is 0 Å². The molecule has 1 atom stereocenters. The Morgan fingerprint density at radius 3 is 2.95 bits per heavy atom. The summed E-state index contributed by atoms with van der Waals surface area (Å²) >= 11 is 0. The van der Waals surface area contributed by atoms with Crippen molar-refractivity contribution < 1.29 is 4.74 Å². The largest absolute Gasteiger partial charge is 0.370 e. The van der Waals surface area contributed by atoms with Gasteiger partial charge >= 0.3 is 0 Å². The fourth-order valence-electron chi connectivity index (χ4n) is 2.90. The van der Waals surface area contributed by atoms with E-state index in [2.05, 4.69) is 47.8 Å². The zero-order valence-corrected chi connectivity index (χ0v) is 12.4. The Morgan fingerprint density at radius 1 is 1.35 bits per heavy atom. The summed E-state index contributed by atoms with van der Waals surface area (Å²) in [5.41, 5.74) is 2.32. The average molecular weight is 273 g/mol. The summed E-state index contributed by atoms with van der Waals surface area (Å²) in [5, 5.41) is 0. The maximum absolute atomic E-state index is 5.84. The summed E-state index contributed by atoms with van der Waals surface area (Å²) in [6.07, 6.45) is 3.55. The number of hydrogen-bond acceptors (Lipinski definition) is 3. The molecule has 108 valence electrons. The highest BCUT2D eigenvalue weighted by molar-refractivity contribution is 5.76. The van der Waals surface area contributed by atoms with Gasteiger partial charge in [0.1, 0.15) is 11.9 Å². The quantitative estimate of drug-likeness (QED) is 0.839. The molecule has 1 aromatic heterocycles. The number of fused-ring (bicyclic) bond motifs is 1. The molecular weight excluding hydrogens is 250 g/mol. The van der Waals surface area contributed by atoms with E-state index in [1.54, 1.807) is 0 Å². The summed E-state index contributed by atoms with van der Waals surface area (Å²) in [5.74, 6) is 1.11. The molecule has 1 unspecified atom stereocenters. The molecule has 0 aliphatic carbocycles. The van der Waals surface area contributed by atoms with E-state index in [4.69, 9.17) is 9.72 Å². The number of aromatic nitrogens is 2. The summed E-state index contributed by atoms with van der Waals surface area (Å²) in [7, 11) is 4.24. The van der Waals surface area contributed by atoms with E-state index in [0.717, 1.165) is 50.3 Å². The predicted octanol–water partition coefficient (Wildman–Crippen LogP) is 2.84. The lowest BCUT2D eigenvalue weighted by Gasteiger charge is -2.15. The lowest BCUT2D eigenvalue weighted by molar-refractivity contribution is 0.102. The number of hydrogen-bond donors (Lipinski definition) is 0. The minimum Gasteiger partial charge on any atom is -0.370 e. The summed E-state index contributed by atoms with van der Waals surface area (Å²) in [6, 6.07) is 8.40. The first-order chi connectivity index (χ1) is 9.75. The Balaban J connectivity index is 1.90. The van der Waals surface area contributed by atoms with E-state index in [0.29, 0.717) is 0 Å². The zero-order chi connectivity index (χ0) is 13.9. The highest BCUT2D eigenvalue weighted by Gasteiger charge is 2.24. The second-order valence-electron chi connectivity index (χ2n) is 5.77. The van der Waals surface area contributed by atoms with Gasteiger partial charge in [0.15, 0.2) is 0 Å². The van der Waals surface area contributed by atoms with Gasteiger partial charge in [-0.25, -0.2) is 4.98 Å². The Kier molecular flexibility index (Phi) is 4.03. The number of para-hydroxylation sites is 2. The second-order valence-corrected chi connectivity index (χ2v) is 5.77. The van der Waals surface area contributed by atoms with Crippen LogP contribution < -0.4 is 0 Å². The number of benzene rings is 1. The fourth-order valence-corrected chi connectivity index (χ4v) is 2.90. The summed E-state index contributed by atoms with van der Waals surface area (Å²) < 4.78 is 8.20. The number of nitrogens with zero attached hydrogens (tertiary/aromatic N) is 3. The van der Waals surface area contributed by atoms with Gasteiger partial charge in [0, 0.05) is 13.2 Å². The van der Waals surface area contributed by atoms with Crippen LogP contribution in [0.15, 0.2) is 24.3 Å². The molecule has 20 heavy (non-hydrogen) atoms. The number of rotatable bonds is 5. The van der Waals surface area contributed by atoms with Gasteiger partial charge < -0.3 is 14.2 Å². The molecule has 0 N–H and O–H groups in total. The van der Waals surface area contributed by atoms with Crippen LogP contribution in [0.2, 0.25) is 0 Å². The van der Waals surface area contributed by atoms with Crippen LogP contribution >= 0.6 is 0 Å². The van der Waals surface area contributed by atoms with Gasteiger partial charge in [-0.05, 0) is 52.0 Å². The lowest BCUT2D eigenvalue weighted by atomic mass is 10.2. The molecule has 0 spiro atoms. The van der Waals surface area contributed by atoms with Crippen molar-refractivity contribution in [2.75, 3.05) is 27.2 Å². The van der Waals surface area contributed by atoms with Crippen LogP contribution in [0.5, 0.6) is 0 Å². The molecular formula is C16H23N3O. The van der Waals surface area contributed by atoms with E-state index in [9.17, 15) is 0 Å². The molecule has 2 aromatic rings. The molecule has 3 rings (SSSR count). The summed E-state index contributed by atoms with van der Waals surface area (Å²) in [6.45, 7) is 2.97. The molecule has 1 saturated heterocycles. The van der Waals surface area contributed by atoms with Crippen LogP contribution in [0.1, 0.15) is 31.2 Å². The number of ether oxygens (including phenoxy) is 1. The minimum absolute atomic E-state index is 0.182. The molecule has 0 radical (unpaired) electrons. The lowest BCUT2D eigenvalue weighted by Crippen LogP contribution is -2.16. The molecule has 1 fully saturated rings. The smallest absolute Gasteiger partial charge is 0.139 e. The van der Waals surface area contributed by atoms with Gasteiger partial charge in [0.25, 0.3) is 0 Å². The van der Waals surface area contributed by atoms with Crippen molar-refractivity contribution in [1.82, 2.24) is 14.5 Å². The van der Waals surface area contributed by atoms with E-state index >= 15 is 0 Å². The molecule has 0 amide bonds. The first kappa shape index (κ1) is 13.6. The first-order valence-electron chi connectivity index (χ1n) is 7.47. The number of imidazole rings is 1. The number of aryl methyl sites for hydroxylation is 1. The van der Waals surface area contributed by atoms with Crippen LogP contribution in [0.25, 0.3) is 11.0 Å². The van der Waals surface area contributed by atoms with Crippen molar-refractivity contribution in [3.8, 4) is 0 Å². The first-order valence-corrected chi connectivity index (χ1v) is 7.47. The Bertz CT molecular complexity index is 570. The van der Waals surface area contributed by atoms with Crippen molar-refractivity contribution in [1.29, 1.82) is 0 Å². The fraction of sp³-hybridized carbons (Fsp3) is 0.562. The van der Waals surface area contributed by atoms with E-state index < -0.39 is 0 Å². The van der Waals surface area contributed by atoms with Gasteiger partial charge in [-0.1, -0.05) is 12.1 Å². The zero-order valence-electron chi connectivity index (χ0n) is 12.4. The highest BCUT2D eigenvalue weighted by atomic mass is 16.5. The Hall–Kier alpha value is -1.39. The van der Waals surface area contributed by atoms with Crippen LogP contribution in [0, 0.1) is 0 Å². The van der Waals surface area contributed by atoms with Gasteiger partial charge in [-0.3, -0.25) is 0 Å². The van der Waals surface area contributed by atoms with Crippen molar-refractivity contribution >= 4 is 11.0 Å². The van der Waals surface area contributed by atoms with E-state index in [-0.39, 0.29) is 6.10 Å². The van der Waals surface area contributed by atoms with Gasteiger partial charge in [0.2, 0.25) is 0 Å². The normalized spacial score (nSPS) is 19.2. The maximum atomic E-state index is 5.84. The third kappa shape index (κ3) is 2.72. The molecule has 0 saturated carbocycles. The predicted molar refractivity (Wildman–Crippen MR) is 80.8 cm³/mol. The standard InChI is InChI=1S/C16H23N3O/c1-18(2)10-6-11-19-14-8-4-3-7-13(14)17-16(19)15-9-5-12-20-15/h3-4,7-8,15H,5-6,9-12H2,1-2H3. The van der Waals surface area contributed by atoms with Crippen molar-refractivity contribution in [3.63, 3.8) is 0 Å². The van der Waals surface area contributed by atoms with Crippen LogP contribution in [0.3, 0.4) is 0 Å². The van der Waals surface area contributed by atoms with Crippen molar-refractivity contribution in [2.24, 2.45) is 0 Å². The molecule has 0 bridgehead atoms. The van der Waals surface area contributed by atoms with Crippen molar-refractivity contribution in [2.45, 2.75) is 31.9 Å². The highest BCUT2D eigenvalue weighted by Crippen LogP contribution is 2.30. The van der Waals surface area contributed by atoms with E-state index in [1.165, 1.54) is 5.52 Å². The summed E-state index contributed by atoms with van der Waals surface area (Å²) in [4.78, 5) is 7.04. The molecule has 1 aromatic carbocycles. The van der Waals surface area contributed by atoms with E-state index in [1.807, 2.05) is 0 Å². The molecule has 2 heterocycles. The van der Waals surface area contributed by atoms with Gasteiger partial charge in [0.05, 0.1) is 11.0 Å².